The molecule has 0 saturated heterocycles. The molecule has 0 aromatic heterocycles. The van der Waals surface area contributed by atoms with Gasteiger partial charge in [-0.05, 0) is 25.0 Å². The minimum Gasteiger partial charge on any atom is -0.508 e. The first-order chi connectivity index (χ1) is 8.19. The van der Waals surface area contributed by atoms with Gasteiger partial charge in [-0.25, -0.2) is 0 Å². The first kappa shape index (κ1) is 13.7. The minimum absolute atomic E-state index is 0.204. The molecule has 0 aliphatic carbocycles. The maximum absolute atomic E-state index is 9.85. The zero-order chi connectivity index (χ0) is 12.7. The Bertz CT molecular complexity index is 331. The highest BCUT2D eigenvalue weighted by Gasteiger charge is 2.10. The molecule has 0 unspecified atom stereocenters. The molecule has 0 heterocycles. The zero-order valence-electron chi connectivity index (χ0n) is 10.8. The normalized spacial score (nSPS) is 10.5. The monoisotopic (exact) mass is 237 g/mol. The summed E-state index contributed by atoms with van der Waals surface area (Å²) < 4.78 is 0. The molecule has 96 valence electrons. The molecule has 0 saturated carbocycles. The molecule has 0 atom stereocenters. The summed E-state index contributed by atoms with van der Waals surface area (Å²) in [6.45, 7) is 6.15. The standard InChI is InChI=1S/C14H23NO2/c1-3-5-9-15(10-6-4-2)13-11-12(16)7-8-14(13)17/h7-8,11,16-17H,3-6,9-10H2,1-2H3. The fourth-order valence-corrected chi connectivity index (χ4v) is 1.82. The number of hydrogen-bond acceptors (Lipinski definition) is 3. The topological polar surface area (TPSA) is 43.7 Å². The summed E-state index contributed by atoms with van der Waals surface area (Å²) in [6, 6.07) is 4.70. The molecule has 0 amide bonds. The zero-order valence-corrected chi connectivity index (χ0v) is 10.8. The van der Waals surface area contributed by atoms with Crippen LogP contribution >= 0.6 is 0 Å². The molecular formula is C14H23NO2. The van der Waals surface area contributed by atoms with E-state index in [-0.39, 0.29) is 11.5 Å². The van der Waals surface area contributed by atoms with Crippen molar-refractivity contribution in [2.75, 3.05) is 18.0 Å². The molecule has 0 radical (unpaired) electrons. The summed E-state index contributed by atoms with van der Waals surface area (Å²) in [5, 5.41) is 19.4. The summed E-state index contributed by atoms with van der Waals surface area (Å²) in [5.41, 5.74) is 0.743. The van der Waals surface area contributed by atoms with Crippen LogP contribution in [0.1, 0.15) is 39.5 Å². The smallest absolute Gasteiger partial charge is 0.139 e. The Morgan fingerprint density at radius 3 is 2.12 bits per heavy atom. The van der Waals surface area contributed by atoms with Crippen LogP contribution in [0.25, 0.3) is 0 Å². The van der Waals surface area contributed by atoms with Gasteiger partial charge in [0.1, 0.15) is 11.5 Å². The first-order valence-electron chi connectivity index (χ1n) is 6.46. The Balaban J connectivity index is 2.82. The van der Waals surface area contributed by atoms with Crippen LogP contribution < -0.4 is 4.90 Å². The highest BCUT2D eigenvalue weighted by molar-refractivity contribution is 5.60. The summed E-state index contributed by atoms with van der Waals surface area (Å²) in [7, 11) is 0. The van der Waals surface area contributed by atoms with Gasteiger partial charge in [0.15, 0.2) is 0 Å². The number of hydrogen-bond donors (Lipinski definition) is 2. The Hall–Kier alpha value is -1.38. The van der Waals surface area contributed by atoms with E-state index in [1.807, 2.05) is 0 Å². The lowest BCUT2D eigenvalue weighted by Crippen LogP contribution is -2.25. The van der Waals surface area contributed by atoms with Gasteiger partial charge in [0.05, 0.1) is 5.69 Å². The average Bonchev–Trinajstić information content (AvgIpc) is 2.33. The Morgan fingerprint density at radius 1 is 1.00 bits per heavy atom. The van der Waals surface area contributed by atoms with Crippen molar-refractivity contribution in [3.63, 3.8) is 0 Å². The summed E-state index contributed by atoms with van der Waals surface area (Å²) in [6.07, 6.45) is 4.45. The number of benzene rings is 1. The molecule has 17 heavy (non-hydrogen) atoms. The van der Waals surface area contributed by atoms with E-state index in [0.29, 0.717) is 0 Å². The van der Waals surface area contributed by atoms with Crippen LogP contribution in [-0.2, 0) is 0 Å². The lowest BCUT2D eigenvalue weighted by atomic mass is 10.2. The van der Waals surface area contributed by atoms with Crippen LogP contribution in [0.4, 0.5) is 5.69 Å². The van der Waals surface area contributed by atoms with Crippen molar-refractivity contribution in [1.82, 2.24) is 0 Å². The quantitative estimate of drug-likeness (QED) is 0.713. The Morgan fingerprint density at radius 2 is 1.59 bits per heavy atom. The van der Waals surface area contributed by atoms with Gasteiger partial charge in [-0.1, -0.05) is 26.7 Å². The van der Waals surface area contributed by atoms with Gasteiger partial charge in [-0.15, -0.1) is 0 Å². The lowest BCUT2D eigenvalue weighted by Gasteiger charge is -2.25. The van der Waals surface area contributed by atoms with Crippen molar-refractivity contribution < 1.29 is 10.2 Å². The fraction of sp³-hybridized carbons (Fsp3) is 0.571. The molecular weight excluding hydrogens is 214 g/mol. The summed E-state index contributed by atoms with van der Waals surface area (Å²) in [5.74, 6) is 0.450. The van der Waals surface area contributed by atoms with E-state index in [2.05, 4.69) is 18.7 Å². The van der Waals surface area contributed by atoms with Gasteiger partial charge in [0, 0.05) is 19.2 Å². The van der Waals surface area contributed by atoms with E-state index in [9.17, 15) is 10.2 Å². The minimum atomic E-state index is 0.204. The van der Waals surface area contributed by atoms with E-state index in [4.69, 9.17) is 0 Å². The number of aromatic hydroxyl groups is 2. The highest BCUT2D eigenvalue weighted by atomic mass is 16.3. The molecule has 1 aromatic rings. The Labute approximate surface area is 104 Å². The molecule has 0 aliphatic rings. The van der Waals surface area contributed by atoms with Crippen molar-refractivity contribution >= 4 is 5.69 Å². The van der Waals surface area contributed by atoms with Crippen LogP contribution in [0.5, 0.6) is 11.5 Å². The van der Waals surface area contributed by atoms with E-state index >= 15 is 0 Å². The largest absolute Gasteiger partial charge is 0.508 e. The van der Waals surface area contributed by atoms with Crippen LogP contribution in [-0.4, -0.2) is 23.3 Å². The maximum Gasteiger partial charge on any atom is 0.139 e. The second-order valence-corrected chi connectivity index (χ2v) is 4.37. The van der Waals surface area contributed by atoms with Crippen LogP contribution in [0.2, 0.25) is 0 Å². The molecule has 1 rings (SSSR count). The number of anilines is 1. The third-order valence-corrected chi connectivity index (χ3v) is 2.86. The molecule has 3 heteroatoms. The van der Waals surface area contributed by atoms with Crippen molar-refractivity contribution in [2.24, 2.45) is 0 Å². The molecule has 2 N–H and O–H groups in total. The van der Waals surface area contributed by atoms with Crippen molar-refractivity contribution in [3.05, 3.63) is 18.2 Å². The van der Waals surface area contributed by atoms with Crippen molar-refractivity contribution in [2.45, 2.75) is 39.5 Å². The van der Waals surface area contributed by atoms with Crippen LogP contribution in [0.15, 0.2) is 18.2 Å². The maximum atomic E-state index is 9.85. The SMILES string of the molecule is CCCCN(CCCC)c1cc(O)ccc1O. The number of phenols is 2. The number of nitrogens with zero attached hydrogens (tertiary/aromatic N) is 1. The summed E-state index contributed by atoms with van der Waals surface area (Å²) >= 11 is 0. The van der Waals surface area contributed by atoms with E-state index in [1.54, 1.807) is 12.1 Å². The van der Waals surface area contributed by atoms with Crippen molar-refractivity contribution in [3.8, 4) is 11.5 Å². The summed E-state index contributed by atoms with van der Waals surface area (Å²) in [4.78, 5) is 2.15. The lowest BCUT2D eigenvalue weighted by molar-refractivity contribution is 0.458. The number of unbranched alkanes of at least 4 members (excludes halogenated alkanes) is 2. The van der Waals surface area contributed by atoms with Crippen LogP contribution in [0, 0.1) is 0 Å². The number of rotatable bonds is 7. The second-order valence-electron chi connectivity index (χ2n) is 4.37. The third kappa shape index (κ3) is 4.17. The van der Waals surface area contributed by atoms with Gasteiger partial charge in [0.25, 0.3) is 0 Å². The van der Waals surface area contributed by atoms with Gasteiger partial charge in [-0.2, -0.15) is 0 Å². The molecule has 0 fully saturated rings. The molecule has 0 bridgehead atoms. The first-order valence-corrected chi connectivity index (χ1v) is 6.46. The van der Waals surface area contributed by atoms with E-state index in [0.717, 1.165) is 44.5 Å². The predicted molar refractivity (Wildman–Crippen MR) is 71.8 cm³/mol. The van der Waals surface area contributed by atoms with Gasteiger partial charge < -0.3 is 15.1 Å². The van der Waals surface area contributed by atoms with Crippen molar-refractivity contribution in [1.29, 1.82) is 0 Å². The third-order valence-electron chi connectivity index (χ3n) is 2.86. The molecule has 1 aromatic carbocycles. The highest BCUT2D eigenvalue weighted by Crippen LogP contribution is 2.31. The van der Waals surface area contributed by atoms with Gasteiger partial charge in [-0.3, -0.25) is 0 Å². The van der Waals surface area contributed by atoms with Gasteiger partial charge in [0.2, 0.25) is 0 Å². The Kier molecular flexibility index (Phi) is 5.67. The van der Waals surface area contributed by atoms with Gasteiger partial charge >= 0.3 is 0 Å². The average molecular weight is 237 g/mol. The molecule has 0 aliphatic heterocycles. The molecule has 0 spiro atoms. The predicted octanol–water partition coefficient (Wildman–Crippen LogP) is 3.50. The van der Waals surface area contributed by atoms with E-state index in [1.165, 1.54) is 6.07 Å². The second kappa shape index (κ2) is 7.05. The molecule has 3 nitrogen and oxygen atoms in total. The van der Waals surface area contributed by atoms with Crippen LogP contribution in [0.3, 0.4) is 0 Å². The number of phenolic OH excluding ortho intramolecular Hbond substituents is 2. The fourth-order valence-electron chi connectivity index (χ4n) is 1.82. The van der Waals surface area contributed by atoms with E-state index < -0.39 is 0 Å².